The predicted molar refractivity (Wildman–Crippen MR) is 84.5 cm³/mol. The number of rotatable bonds is 5. The Morgan fingerprint density at radius 2 is 2.00 bits per heavy atom. The van der Waals surface area contributed by atoms with Gasteiger partial charge in [-0.2, -0.15) is 0 Å². The van der Waals surface area contributed by atoms with Crippen LogP contribution < -0.4 is 5.32 Å². The topological polar surface area (TPSA) is 49.4 Å². The number of likely N-dealkylation sites (N-methyl/N-ethyl adjacent to an activating group) is 1. The lowest BCUT2D eigenvalue weighted by Gasteiger charge is -2.16. The van der Waals surface area contributed by atoms with Gasteiger partial charge in [0.15, 0.2) is 0 Å². The molecule has 122 valence electrons. The first-order chi connectivity index (χ1) is 10.9. The Labute approximate surface area is 140 Å². The Bertz CT molecular complexity index is 736. The zero-order chi connectivity index (χ0) is 17.0. The Hall–Kier alpha value is -1.99. The lowest BCUT2D eigenvalue weighted by atomic mass is 10.2. The Balaban J connectivity index is 1.89. The van der Waals surface area contributed by atoms with Crippen molar-refractivity contribution < 1.29 is 18.4 Å². The van der Waals surface area contributed by atoms with Crippen molar-refractivity contribution in [2.45, 2.75) is 6.54 Å². The maximum absolute atomic E-state index is 13.5. The van der Waals surface area contributed by atoms with E-state index in [-0.39, 0.29) is 18.0 Å². The van der Waals surface area contributed by atoms with Crippen LogP contribution in [-0.4, -0.2) is 30.3 Å². The zero-order valence-corrected chi connectivity index (χ0v) is 13.7. The first-order valence-electron chi connectivity index (χ1n) is 6.58. The van der Waals surface area contributed by atoms with Crippen LogP contribution >= 0.6 is 22.9 Å². The molecule has 1 aromatic carbocycles. The second-order valence-corrected chi connectivity index (χ2v) is 6.56. The van der Waals surface area contributed by atoms with Crippen LogP contribution in [0.25, 0.3) is 0 Å². The van der Waals surface area contributed by atoms with E-state index in [1.807, 2.05) is 6.07 Å². The molecule has 0 fully saturated rings. The highest BCUT2D eigenvalue weighted by Gasteiger charge is 2.15. The number of hydrogen-bond acceptors (Lipinski definition) is 3. The molecule has 4 nitrogen and oxygen atoms in total. The minimum Gasteiger partial charge on any atom is -0.343 e. The highest BCUT2D eigenvalue weighted by molar-refractivity contribution is 7.16. The summed E-state index contributed by atoms with van der Waals surface area (Å²) in [5, 5.41) is 2.32. The van der Waals surface area contributed by atoms with Crippen molar-refractivity contribution in [3.05, 3.63) is 56.7 Å². The van der Waals surface area contributed by atoms with Gasteiger partial charge in [0.05, 0.1) is 23.0 Å². The summed E-state index contributed by atoms with van der Waals surface area (Å²) in [5.41, 5.74) is -0.313. The van der Waals surface area contributed by atoms with E-state index < -0.39 is 17.5 Å². The van der Waals surface area contributed by atoms with E-state index in [1.54, 1.807) is 13.1 Å². The van der Waals surface area contributed by atoms with E-state index >= 15 is 0 Å². The fourth-order valence-electron chi connectivity index (χ4n) is 1.82. The van der Waals surface area contributed by atoms with Crippen molar-refractivity contribution in [1.82, 2.24) is 10.2 Å². The first-order valence-corrected chi connectivity index (χ1v) is 7.77. The monoisotopic (exact) mass is 358 g/mol. The highest BCUT2D eigenvalue weighted by Crippen LogP contribution is 2.22. The zero-order valence-electron chi connectivity index (χ0n) is 12.1. The molecule has 8 heteroatoms. The molecule has 2 rings (SSSR count). The summed E-state index contributed by atoms with van der Waals surface area (Å²) in [6, 6.07) is 6.17. The molecule has 0 radical (unpaired) electrons. The van der Waals surface area contributed by atoms with Crippen molar-refractivity contribution in [2.75, 3.05) is 13.6 Å². The van der Waals surface area contributed by atoms with E-state index in [0.29, 0.717) is 16.9 Å². The molecule has 0 unspecified atom stereocenters. The average Bonchev–Trinajstić information content (AvgIpc) is 2.89. The van der Waals surface area contributed by atoms with Gasteiger partial charge in [-0.15, -0.1) is 11.3 Å². The molecule has 0 saturated heterocycles. The molecule has 2 aromatic rings. The Morgan fingerprint density at radius 1 is 1.26 bits per heavy atom. The molecule has 2 amide bonds. The van der Waals surface area contributed by atoms with Crippen molar-refractivity contribution >= 4 is 34.8 Å². The Morgan fingerprint density at radius 3 is 2.61 bits per heavy atom. The summed E-state index contributed by atoms with van der Waals surface area (Å²) in [4.78, 5) is 26.1. The van der Waals surface area contributed by atoms with Crippen LogP contribution in [0.5, 0.6) is 0 Å². The third-order valence-electron chi connectivity index (χ3n) is 3.02. The van der Waals surface area contributed by atoms with Crippen molar-refractivity contribution in [3.63, 3.8) is 0 Å². The van der Waals surface area contributed by atoms with Crippen LogP contribution in [0.2, 0.25) is 4.34 Å². The van der Waals surface area contributed by atoms with Crippen LogP contribution in [0.15, 0.2) is 30.3 Å². The van der Waals surface area contributed by atoms with Crippen molar-refractivity contribution in [3.8, 4) is 0 Å². The van der Waals surface area contributed by atoms with Crippen LogP contribution in [0, 0.1) is 11.6 Å². The maximum atomic E-state index is 13.5. The van der Waals surface area contributed by atoms with Gasteiger partial charge in [-0.25, -0.2) is 8.78 Å². The number of nitrogens with zero attached hydrogens (tertiary/aromatic N) is 1. The van der Waals surface area contributed by atoms with Crippen LogP contribution in [0.1, 0.15) is 15.2 Å². The summed E-state index contributed by atoms with van der Waals surface area (Å²) < 4.78 is 26.9. The second kappa shape index (κ2) is 7.52. The molecule has 23 heavy (non-hydrogen) atoms. The van der Waals surface area contributed by atoms with Crippen molar-refractivity contribution in [2.24, 2.45) is 0 Å². The van der Waals surface area contributed by atoms with E-state index in [1.165, 1.54) is 16.2 Å². The summed E-state index contributed by atoms with van der Waals surface area (Å²) >= 11 is 7.17. The van der Waals surface area contributed by atoms with Gasteiger partial charge in [0, 0.05) is 18.0 Å². The molecule has 0 bridgehead atoms. The predicted octanol–water partition coefficient (Wildman–Crippen LogP) is 3.07. The fraction of sp³-hybridized carbons (Fsp3) is 0.200. The van der Waals surface area contributed by atoms with Gasteiger partial charge in [0.2, 0.25) is 5.91 Å². The standard InChI is InChI=1S/C15H13ClF2N2O2S/c1-20(8-10-3-5-13(16)23-10)14(21)7-19-15(22)11-4-2-9(17)6-12(11)18/h2-6H,7-8H2,1H3,(H,19,22). The second-order valence-electron chi connectivity index (χ2n) is 4.76. The number of amides is 2. The van der Waals surface area contributed by atoms with Crippen LogP contribution in [0.3, 0.4) is 0 Å². The number of thiophene rings is 1. The van der Waals surface area contributed by atoms with Gasteiger partial charge < -0.3 is 10.2 Å². The summed E-state index contributed by atoms with van der Waals surface area (Å²) in [6.45, 7) is 0.0717. The number of benzene rings is 1. The maximum Gasteiger partial charge on any atom is 0.254 e. The molecule has 0 atom stereocenters. The third-order valence-corrected chi connectivity index (χ3v) is 4.24. The molecule has 1 heterocycles. The SMILES string of the molecule is CN(Cc1ccc(Cl)s1)C(=O)CNC(=O)c1ccc(F)cc1F. The molecule has 1 N–H and O–H groups in total. The minimum absolute atomic E-state index is 0.286. The number of nitrogens with one attached hydrogen (secondary N) is 1. The quantitative estimate of drug-likeness (QED) is 0.893. The summed E-state index contributed by atoms with van der Waals surface area (Å²) in [6.07, 6.45) is 0. The van der Waals surface area contributed by atoms with Crippen LogP contribution in [0.4, 0.5) is 8.78 Å². The summed E-state index contributed by atoms with van der Waals surface area (Å²) in [5.74, 6) is -2.87. The van der Waals surface area contributed by atoms with E-state index in [0.717, 1.165) is 17.0 Å². The van der Waals surface area contributed by atoms with Crippen LogP contribution in [-0.2, 0) is 11.3 Å². The molecule has 0 aliphatic carbocycles. The minimum atomic E-state index is -0.975. The molecule has 0 aliphatic rings. The van der Waals surface area contributed by atoms with Gasteiger partial charge in [0.1, 0.15) is 11.6 Å². The smallest absolute Gasteiger partial charge is 0.254 e. The van der Waals surface area contributed by atoms with E-state index in [9.17, 15) is 18.4 Å². The largest absolute Gasteiger partial charge is 0.343 e. The summed E-state index contributed by atoms with van der Waals surface area (Å²) in [7, 11) is 1.58. The van der Waals surface area contributed by atoms with Gasteiger partial charge in [-0.05, 0) is 24.3 Å². The Kier molecular flexibility index (Phi) is 5.68. The van der Waals surface area contributed by atoms with Gasteiger partial charge in [-0.1, -0.05) is 11.6 Å². The van der Waals surface area contributed by atoms with Gasteiger partial charge in [0.25, 0.3) is 5.91 Å². The van der Waals surface area contributed by atoms with Crippen molar-refractivity contribution in [1.29, 1.82) is 0 Å². The van der Waals surface area contributed by atoms with Gasteiger partial charge >= 0.3 is 0 Å². The third kappa shape index (κ3) is 4.74. The number of carbonyl (C=O) groups excluding carboxylic acids is 2. The first kappa shape index (κ1) is 17.4. The molecule has 0 aliphatic heterocycles. The highest BCUT2D eigenvalue weighted by atomic mass is 35.5. The van der Waals surface area contributed by atoms with Gasteiger partial charge in [-0.3, -0.25) is 9.59 Å². The van der Waals surface area contributed by atoms with E-state index in [2.05, 4.69) is 5.32 Å². The average molecular weight is 359 g/mol. The molecule has 1 aromatic heterocycles. The lowest BCUT2D eigenvalue weighted by molar-refractivity contribution is -0.129. The molecule has 0 saturated carbocycles. The number of carbonyl (C=O) groups is 2. The normalized spacial score (nSPS) is 10.4. The number of hydrogen-bond donors (Lipinski definition) is 1. The fourth-order valence-corrected chi connectivity index (χ4v) is 2.96. The molecule has 0 spiro atoms. The van der Waals surface area contributed by atoms with E-state index in [4.69, 9.17) is 11.6 Å². The number of halogens is 3. The lowest BCUT2D eigenvalue weighted by Crippen LogP contribution is -2.38. The molecular formula is C15H13ClF2N2O2S. The molecular weight excluding hydrogens is 346 g/mol.